The van der Waals surface area contributed by atoms with Crippen LogP contribution in [0.4, 0.5) is 0 Å². The fourth-order valence-corrected chi connectivity index (χ4v) is 4.23. The van der Waals surface area contributed by atoms with Gasteiger partial charge in [0.2, 0.25) is 11.5 Å². The smallest absolute Gasteiger partial charge is 0.335 e. The predicted molar refractivity (Wildman–Crippen MR) is 160 cm³/mol. The van der Waals surface area contributed by atoms with Crippen molar-refractivity contribution in [2.24, 2.45) is 0 Å². The van der Waals surface area contributed by atoms with Crippen LogP contribution in [0.5, 0.6) is 34.5 Å². The molecule has 0 saturated carbocycles. The lowest BCUT2D eigenvalue weighted by molar-refractivity contribution is -0.130. The molecule has 0 saturated heterocycles. The van der Waals surface area contributed by atoms with Crippen LogP contribution in [0.15, 0.2) is 48.6 Å². The summed E-state index contributed by atoms with van der Waals surface area (Å²) in [5, 5.41) is 0. The van der Waals surface area contributed by atoms with Crippen LogP contribution < -0.4 is 28.4 Å². The minimum absolute atomic E-state index is 0.267. The topological polar surface area (TPSA) is 89.5 Å². The molecule has 2 aromatic rings. The Morgan fingerprint density at radius 3 is 1.24 bits per heavy atom. The molecule has 0 atom stereocenters. The fourth-order valence-electron chi connectivity index (χ4n) is 4.23. The van der Waals surface area contributed by atoms with E-state index in [1.165, 1.54) is 12.2 Å². The summed E-state index contributed by atoms with van der Waals surface area (Å²) >= 11 is 0. The minimum Gasteiger partial charge on any atom is -0.490 e. The Balaban J connectivity index is 2.76. The number of benzene rings is 2. The second-order valence-corrected chi connectivity index (χ2v) is 9.36. The van der Waals surface area contributed by atoms with E-state index in [-0.39, 0.29) is 11.5 Å². The second-order valence-electron chi connectivity index (χ2n) is 9.36. The minimum atomic E-state index is -0.720. The van der Waals surface area contributed by atoms with Gasteiger partial charge in [-0.15, -0.1) is 0 Å². The molecular weight excluding hydrogens is 524 g/mol. The number of allylic oxidation sites excluding steroid dienone is 2. The van der Waals surface area contributed by atoms with Gasteiger partial charge in [-0.25, -0.2) is 9.59 Å². The molecule has 8 heteroatoms. The lowest BCUT2D eigenvalue weighted by Gasteiger charge is -2.32. The zero-order valence-electron chi connectivity index (χ0n) is 25.6. The monoisotopic (exact) mass is 568 g/mol. The second kappa shape index (κ2) is 16.4. The maximum atomic E-state index is 12.4. The molecule has 0 aliphatic rings. The average molecular weight is 569 g/mol. The quantitative estimate of drug-likeness (QED) is 0.118. The number of rotatable bonds is 16. The molecule has 224 valence electrons. The number of carbonyl (C=O) groups is 2. The van der Waals surface area contributed by atoms with Crippen molar-refractivity contribution in [1.29, 1.82) is 0 Å². The summed E-state index contributed by atoms with van der Waals surface area (Å²) in [7, 11) is 0. The molecule has 0 aromatic heterocycles. The van der Waals surface area contributed by atoms with E-state index in [1.807, 2.05) is 67.5 Å². The number of ether oxygens (including phenoxy) is 6. The van der Waals surface area contributed by atoms with Gasteiger partial charge in [0.25, 0.3) is 0 Å². The van der Waals surface area contributed by atoms with Crippen molar-refractivity contribution in [2.45, 2.75) is 73.6 Å². The van der Waals surface area contributed by atoms with Gasteiger partial charge in [0.05, 0.1) is 26.4 Å². The number of hydrogen-bond acceptors (Lipinski definition) is 8. The van der Waals surface area contributed by atoms with Crippen LogP contribution in [-0.4, -0.2) is 38.4 Å². The van der Waals surface area contributed by atoms with E-state index < -0.39 is 17.4 Å². The van der Waals surface area contributed by atoms with Crippen molar-refractivity contribution in [3.8, 4) is 34.5 Å². The van der Waals surface area contributed by atoms with Gasteiger partial charge in [-0.3, -0.25) is 0 Å². The molecule has 0 N–H and O–H groups in total. The standard InChI is InChI=1S/C33H44O8/c1-9-15-17-27(34)40-25-21-19-23(29(36-11-3)31(25)38-13-5)33(7,8)24-20-22-26(41-28(35)18-16-10-2)32(39-14-6)30(24)37-12-4/h15-22H,9-14H2,1-8H3. The predicted octanol–water partition coefficient (Wildman–Crippen LogP) is 7.35. The highest BCUT2D eigenvalue weighted by molar-refractivity contribution is 5.85. The molecule has 0 heterocycles. The van der Waals surface area contributed by atoms with Crippen molar-refractivity contribution in [1.82, 2.24) is 0 Å². The van der Waals surface area contributed by atoms with Crippen molar-refractivity contribution in [2.75, 3.05) is 26.4 Å². The Morgan fingerprint density at radius 2 is 0.927 bits per heavy atom. The molecule has 0 radical (unpaired) electrons. The van der Waals surface area contributed by atoms with Crippen LogP contribution in [0.3, 0.4) is 0 Å². The number of hydrogen-bond donors (Lipinski definition) is 0. The fraction of sp³-hybridized carbons (Fsp3) is 0.455. The third kappa shape index (κ3) is 8.52. The van der Waals surface area contributed by atoms with Gasteiger partial charge in [-0.2, -0.15) is 0 Å². The third-order valence-corrected chi connectivity index (χ3v) is 6.05. The van der Waals surface area contributed by atoms with E-state index in [4.69, 9.17) is 28.4 Å². The van der Waals surface area contributed by atoms with E-state index >= 15 is 0 Å². The first kappa shape index (κ1) is 33.3. The lowest BCUT2D eigenvalue weighted by atomic mass is 9.76. The summed E-state index contributed by atoms with van der Waals surface area (Å²) in [6, 6.07) is 7.14. The first-order chi connectivity index (χ1) is 19.7. The summed E-state index contributed by atoms with van der Waals surface area (Å²) in [6.45, 7) is 16.8. The zero-order valence-corrected chi connectivity index (χ0v) is 25.6. The average Bonchev–Trinajstić information content (AvgIpc) is 2.94. The van der Waals surface area contributed by atoms with Crippen molar-refractivity contribution < 1.29 is 38.0 Å². The lowest BCUT2D eigenvalue weighted by Crippen LogP contribution is -2.23. The highest BCUT2D eigenvalue weighted by Crippen LogP contribution is 2.52. The van der Waals surface area contributed by atoms with E-state index in [0.717, 1.165) is 11.1 Å². The maximum absolute atomic E-state index is 12.4. The molecule has 0 aliphatic carbocycles. The zero-order chi connectivity index (χ0) is 30.4. The highest BCUT2D eigenvalue weighted by atomic mass is 16.6. The molecular formula is C33H44O8. The molecule has 0 aliphatic heterocycles. The van der Waals surface area contributed by atoms with Crippen molar-refractivity contribution in [3.63, 3.8) is 0 Å². The van der Waals surface area contributed by atoms with Crippen LogP contribution >= 0.6 is 0 Å². The molecule has 0 bridgehead atoms. The third-order valence-electron chi connectivity index (χ3n) is 6.05. The van der Waals surface area contributed by atoms with Gasteiger partial charge < -0.3 is 28.4 Å². The molecule has 8 nitrogen and oxygen atoms in total. The maximum Gasteiger partial charge on any atom is 0.335 e. The van der Waals surface area contributed by atoms with E-state index in [1.54, 1.807) is 24.3 Å². The van der Waals surface area contributed by atoms with Gasteiger partial charge in [0.15, 0.2) is 23.0 Å². The van der Waals surface area contributed by atoms with Gasteiger partial charge >= 0.3 is 11.9 Å². The van der Waals surface area contributed by atoms with E-state index in [9.17, 15) is 9.59 Å². The molecule has 0 spiro atoms. The van der Waals surface area contributed by atoms with Crippen LogP contribution in [0.1, 0.15) is 79.4 Å². The van der Waals surface area contributed by atoms with Gasteiger partial charge in [0.1, 0.15) is 0 Å². The summed E-state index contributed by atoms with van der Waals surface area (Å²) in [5.41, 5.74) is 0.846. The SMILES string of the molecule is CCC=CC(=O)Oc1ccc(C(C)(C)c2ccc(OC(=O)C=CCC)c(OCC)c2OCC)c(OCC)c1OCC. The van der Waals surface area contributed by atoms with E-state index in [0.29, 0.717) is 62.3 Å². The molecule has 0 unspecified atom stereocenters. The van der Waals surface area contributed by atoms with Crippen molar-refractivity contribution in [3.05, 3.63) is 59.7 Å². The Bertz CT molecular complexity index is 1130. The summed E-state index contributed by atoms with van der Waals surface area (Å²) < 4.78 is 35.5. The molecule has 2 rings (SSSR count). The first-order valence-corrected chi connectivity index (χ1v) is 14.3. The molecule has 0 amide bonds. The Hall–Kier alpha value is -3.94. The van der Waals surface area contributed by atoms with Crippen LogP contribution in [0.25, 0.3) is 0 Å². The van der Waals surface area contributed by atoms with Crippen LogP contribution in [0.2, 0.25) is 0 Å². The number of esters is 2. The Morgan fingerprint density at radius 1 is 0.585 bits per heavy atom. The van der Waals surface area contributed by atoms with Gasteiger partial charge in [-0.05, 0) is 52.7 Å². The van der Waals surface area contributed by atoms with Gasteiger partial charge in [0, 0.05) is 28.7 Å². The van der Waals surface area contributed by atoms with Crippen LogP contribution in [0, 0.1) is 0 Å². The summed E-state index contributed by atoms with van der Waals surface area (Å²) in [5.74, 6) is 1.15. The molecule has 0 fully saturated rings. The van der Waals surface area contributed by atoms with Gasteiger partial charge in [-0.1, -0.05) is 52.0 Å². The summed E-state index contributed by atoms with van der Waals surface area (Å²) in [4.78, 5) is 24.8. The molecule has 2 aromatic carbocycles. The van der Waals surface area contributed by atoms with Crippen LogP contribution in [-0.2, 0) is 15.0 Å². The van der Waals surface area contributed by atoms with Crippen molar-refractivity contribution >= 4 is 11.9 Å². The highest BCUT2D eigenvalue weighted by Gasteiger charge is 2.35. The molecule has 41 heavy (non-hydrogen) atoms. The van der Waals surface area contributed by atoms with E-state index in [2.05, 4.69) is 0 Å². The normalized spacial score (nSPS) is 11.5. The summed E-state index contributed by atoms with van der Waals surface area (Å²) in [6.07, 6.45) is 7.67. The Kier molecular flexibility index (Phi) is 13.3. The number of carbonyl (C=O) groups excluding carboxylic acids is 2. The largest absolute Gasteiger partial charge is 0.490 e. The first-order valence-electron chi connectivity index (χ1n) is 14.3. The Labute approximate surface area is 244 Å².